The van der Waals surface area contributed by atoms with Crippen molar-refractivity contribution in [1.82, 2.24) is 24.1 Å². The lowest BCUT2D eigenvalue weighted by molar-refractivity contribution is -0.121. The summed E-state index contributed by atoms with van der Waals surface area (Å²) in [5.74, 6) is -0.0726. The summed E-state index contributed by atoms with van der Waals surface area (Å²) in [6, 6.07) is 15.4. The molecule has 1 N–H and O–H groups in total. The number of amides is 1. The van der Waals surface area contributed by atoms with Gasteiger partial charge in [0.1, 0.15) is 11.2 Å². The SMILES string of the molecule is O=C(Cn1nc2n(Cc3cccs3)c(=O)c3sccc3n2c1=O)NCCc1ccccc1. The molecule has 162 valence electrons. The monoisotopic (exact) mass is 465 g/mol. The van der Waals surface area contributed by atoms with Gasteiger partial charge in [-0.25, -0.2) is 13.9 Å². The predicted molar refractivity (Wildman–Crippen MR) is 126 cm³/mol. The highest BCUT2D eigenvalue weighted by Gasteiger charge is 2.19. The second kappa shape index (κ2) is 8.56. The Bertz CT molecular complexity index is 1510. The Balaban J connectivity index is 1.45. The van der Waals surface area contributed by atoms with E-state index in [2.05, 4.69) is 10.4 Å². The fourth-order valence-electron chi connectivity index (χ4n) is 3.62. The molecule has 0 fully saturated rings. The Kier molecular flexibility index (Phi) is 5.46. The molecule has 4 heterocycles. The molecule has 1 aromatic carbocycles. The van der Waals surface area contributed by atoms with Crippen LogP contribution in [-0.4, -0.2) is 31.2 Å². The van der Waals surface area contributed by atoms with Crippen LogP contribution in [0.2, 0.25) is 0 Å². The van der Waals surface area contributed by atoms with E-state index in [-0.39, 0.29) is 23.8 Å². The third kappa shape index (κ3) is 3.78. The van der Waals surface area contributed by atoms with Crippen LogP contribution >= 0.6 is 22.7 Å². The lowest BCUT2D eigenvalue weighted by Crippen LogP contribution is -2.33. The molecule has 0 aliphatic carbocycles. The average molecular weight is 466 g/mol. The summed E-state index contributed by atoms with van der Waals surface area (Å²) in [6.07, 6.45) is 0.697. The molecule has 0 unspecified atom stereocenters. The minimum Gasteiger partial charge on any atom is -0.354 e. The first-order valence-corrected chi connectivity index (χ1v) is 11.8. The number of hydrogen-bond acceptors (Lipinski definition) is 6. The number of hydrogen-bond donors (Lipinski definition) is 1. The Morgan fingerprint density at radius 1 is 1.00 bits per heavy atom. The number of rotatable bonds is 7. The summed E-state index contributed by atoms with van der Waals surface area (Å²) in [5, 5.41) is 10.9. The van der Waals surface area contributed by atoms with E-state index in [1.54, 1.807) is 11.4 Å². The maximum absolute atomic E-state index is 13.1. The molecular formula is C22H19N5O3S2. The van der Waals surface area contributed by atoms with Crippen LogP contribution < -0.4 is 16.6 Å². The van der Waals surface area contributed by atoms with E-state index in [1.165, 1.54) is 31.6 Å². The Hall–Kier alpha value is -3.50. The molecule has 0 saturated heterocycles. The van der Waals surface area contributed by atoms with Crippen LogP contribution in [0.5, 0.6) is 0 Å². The predicted octanol–water partition coefficient (Wildman–Crippen LogP) is 2.34. The third-order valence-electron chi connectivity index (χ3n) is 5.15. The molecular weight excluding hydrogens is 446 g/mol. The molecule has 8 nitrogen and oxygen atoms in total. The standard InChI is InChI=1S/C22H19N5O3S2/c28-18(23-10-8-15-5-2-1-3-6-15)14-26-22(30)27-17-9-12-32-19(17)20(29)25(21(27)24-26)13-16-7-4-11-31-16/h1-7,9,11-12H,8,10,13-14H2,(H,23,28). The van der Waals surface area contributed by atoms with E-state index in [9.17, 15) is 14.4 Å². The maximum Gasteiger partial charge on any atom is 0.352 e. The molecule has 5 aromatic rings. The zero-order valence-corrected chi connectivity index (χ0v) is 18.6. The zero-order valence-electron chi connectivity index (χ0n) is 16.9. The Labute approximate surface area is 190 Å². The van der Waals surface area contributed by atoms with Crippen LogP contribution in [0.1, 0.15) is 10.4 Å². The normalized spacial score (nSPS) is 11.4. The fourth-order valence-corrected chi connectivity index (χ4v) is 5.14. The van der Waals surface area contributed by atoms with Gasteiger partial charge in [-0.05, 0) is 34.9 Å². The lowest BCUT2D eigenvalue weighted by Gasteiger charge is -2.06. The van der Waals surface area contributed by atoms with Crippen LogP contribution in [-0.2, 0) is 24.3 Å². The third-order valence-corrected chi connectivity index (χ3v) is 6.91. The van der Waals surface area contributed by atoms with Gasteiger partial charge in [-0.2, -0.15) is 0 Å². The van der Waals surface area contributed by atoms with Crippen molar-refractivity contribution < 1.29 is 4.79 Å². The first-order valence-electron chi connectivity index (χ1n) is 10.0. The summed E-state index contributed by atoms with van der Waals surface area (Å²) in [7, 11) is 0. The average Bonchev–Trinajstić information content (AvgIpc) is 3.53. The fraction of sp³-hybridized carbons (Fsp3) is 0.182. The first-order chi connectivity index (χ1) is 15.6. The van der Waals surface area contributed by atoms with Gasteiger partial charge in [-0.1, -0.05) is 36.4 Å². The summed E-state index contributed by atoms with van der Waals surface area (Å²) in [6.45, 7) is 0.560. The van der Waals surface area contributed by atoms with Crippen molar-refractivity contribution >= 4 is 44.6 Å². The Morgan fingerprint density at radius 2 is 1.84 bits per heavy atom. The molecule has 0 aliphatic heterocycles. The van der Waals surface area contributed by atoms with E-state index in [4.69, 9.17) is 0 Å². The van der Waals surface area contributed by atoms with Gasteiger partial charge in [0, 0.05) is 11.4 Å². The van der Waals surface area contributed by atoms with E-state index in [0.717, 1.165) is 15.1 Å². The summed E-state index contributed by atoms with van der Waals surface area (Å²) < 4.78 is 4.52. The largest absolute Gasteiger partial charge is 0.354 e. The molecule has 10 heteroatoms. The van der Waals surface area contributed by atoms with Crippen LogP contribution in [0.4, 0.5) is 0 Å². The van der Waals surface area contributed by atoms with E-state index >= 15 is 0 Å². The van der Waals surface area contributed by atoms with E-state index < -0.39 is 5.69 Å². The van der Waals surface area contributed by atoms with Gasteiger partial charge < -0.3 is 5.32 Å². The quantitative estimate of drug-likeness (QED) is 0.400. The number of thiophene rings is 2. The molecule has 0 saturated carbocycles. The second-order valence-corrected chi connectivity index (χ2v) is 9.22. The molecule has 0 radical (unpaired) electrons. The van der Waals surface area contributed by atoms with Crippen molar-refractivity contribution in [2.24, 2.45) is 0 Å². The van der Waals surface area contributed by atoms with Crippen molar-refractivity contribution in [3.05, 3.63) is 90.6 Å². The zero-order chi connectivity index (χ0) is 22.1. The molecule has 4 aromatic heterocycles. The molecule has 5 rings (SSSR count). The smallest absolute Gasteiger partial charge is 0.352 e. The van der Waals surface area contributed by atoms with Crippen molar-refractivity contribution in [2.75, 3.05) is 6.54 Å². The van der Waals surface area contributed by atoms with Gasteiger partial charge in [-0.15, -0.1) is 27.8 Å². The minimum absolute atomic E-state index is 0.194. The molecule has 0 aliphatic rings. The van der Waals surface area contributed by atoms with E-state index in [1.807, 2.05) is 47.8 Å². The minimum atomic E-state index is -0.443. The van der Waals surface area contributed by atoms with Crippen LogP contribution in [0.3, 0.4) is 0 Å². The maximum atomic E-state index is 13.1. The highest BCUT2D eigenvalue weighted by atomic mass is 32.1. The van der Waals surface area contributed by atoms with Gasteiger partial charge in [0.25, 0.3) is 5.56 Å². The molecule has 0 bridgehead atoms. The summed E-state index contributed by atoms with van der Waals surface area (Å²) in [5.41, 5.74) is 0.996. The number of fused-ring (bicyclic) bond motifs is 3. The topological polar surface area (TPSA) is 90.4 Å². The number of nitrogens with one attached hydrogen (secondary N) is 1. The first kappa shape index (κ1) is 20.4. The van der Waals surface area contributed by atoms with Gasteiger partial charge in [0.15, 0.2) is 0 Å². The van der Waals surface area contributed by atoms with Crippen LogP contribution in [0, 0.1) is 0 Å². The van der Waals surface area contributed by atoms with Gasteiger partial charge in [-0.3, -0.25) is 14.2 Å². The van der Waals surface area contributed by atoms with Gasteiger partial charge in [0.05, 0.1) is 12.1 Å². The van der Waals surface area contributed by atoms with Crippen molar-refractivity contribution in [3.8, 4) is 0 Å². The number of carbonyl (C=O) groups excluding carboxylic acids is 1. The van der Waals surface area contributed by atoms with Gasteiger partial charge in [0.2, 0.25) is 11.7 Å². The van der Waals surface area contributed by atoms with Crippen LogP contribution in [0.15, 0.2) is 68.9 Å². The highest BCUT2D eigenvalue weighted by molar-refractivity contribution is 7.17. The second-order valence-electron chi connectivity index (χ2n) is 7.27. The number of benzene rings is 1. The van der Waals surface area contributed by atoms with Gasteiger partial charge >= 0.3 is 5.69 Å². The van der Waals surface area contributed by atoms with Crippen molar-refractivity contribution in [3.63, 3.8) is 0 Å². The van der Waals surface area contributed by atoms with Crippen molar-refractivity contribution in [1.29, 1.82) is 0 Å². The molecule has 32 heavy (non-hydrogen) atoms. The number of carbonyl (C=O) groups is 1. The Morgan fingerprint density at radius 3 is 2.62 bits per heavy atom. The number of nitrogens with zero attached hydrogens (tertiary/aromatic N) is 4. The molecule has 0 spiro atoms. The van der Waals surface area contributed by atoms with E-state index in [0.29, 0.717) is 29.7 Å². The molecule has 0 atom stereocenters. The number of aromatic nitrogens is 4. The summed E-state index contributed by atoms with van der Waals surface area (Å²) in [4.78, 5) is 39.6. The van der Waals surface area contributed by atoms with Crippen molar-refractivity contribution in [2.45, 2.75) is 19.5 Å². The van der Waals surface area contributed by atoms with Crippen LogP contribution in [0.25, 0.3) is 16.0 Å². The molecule has 1 amide bonds. The highest BCUT2D eigenvalue weighted by Crippen LogP contribution is 2.18. The lowest BCUT2D eigenvalue weighted by atomic mass is 10.1. The summed E-state index contributed by atoms with van der Waals surface area (Å²) >= 11 is 2.82.